The lowest BCUT2D eigenvalue weighted by Crippen LogP contribution is -2.30. The second kappa shape index (κ2) is 7.77. The lowest BCUT2D eigenvalue weighted by atomic mass is 10.1. The van der Waals surface area contributed by atoms with E-state index in [1.807, 2.05) is 6.07 Å². The number of nitrogens with two attached hydrogens (primary N) is 1. The predicted octanol–water partition coefficient (Wildman–Crippen LogP) is 2.67. The molecule has 0 radical (unpaired) electrons. The zero-order valence-electron chi connectivity index (χ0n) is 11.4. The topological polar surface area (TPSA) is 38.5 Å². The Morgan fingerprint density at radius 1 is 1.39 bits per heavy atom. The second-order valence-corrected chi connectivity index (χ2v) is 5.58. The fourth-order valence-electron chi connectivity index (χ4n) is 1.54. The maximum atomic E-state index is 5.77. The van der Waals surface area contributed by atoms with Gasteiger partial charge in [0.1, 0.15) is 12.4 Å². The zero-order chi connectivity index (χ0) is 13.5. The largest absolute Gasteiger partial charge is 0.491 e. The zero-order valence-corrected chi connectivity index (χ0v) is 13.0. The summed E-state index contributed by atoms with van der Waals surface area (Å²) in [5.41, 5.74) is 6.77. The molecule has 0 aromatic heterocycles. The van der Waals surface area contributed by atoms with Gasteiger partial charge >= 0.3 is 0 Å². The van der Waals surface area contributed by atoms with E-state index in [1.165, 1.54) is 5.56 Å². The third-order valence-electron chi connectivity index (χ3n) is 3.01. The van der Waals surface area contributed by atoms with Crippen molar-refractivity contribution in [2.24, 2.45) is 5.73 Å². The van der Waals surface area contributed by atoms with E-state index in [4.69, 9.17) is 10.5 Å². The average molecular weight is 315 g/mol. The summed E-state index contributed by atoms with van der Waals surface area (Å²) in [6.07, 6.45) is 0.898. The molecule has 0 fully saturated rings. The number of hydrogen-bond donors (Lipinski definition) is 1. The minimum atomic E-state index is 0.545. The van der Waals surface area contributed by atoms with Crippen LogP contribution in [0.2, 0.25) is 0 Å². The highest BCUT2D eigenvalue weighted by atomic mass is 79.9. The van der Waals surface area contributed by atoms with E-state index in [1.54, 1.807) is 0 Å². The van der Waals surface area contributed by atoms with Crippen molar-refractivity contribution < 1.29 is 4.74 Å². The van der Waals surface area contributed by atoms with Crippen LogP contribution in [-0.2, 0) is 6.42 Å². The molecule has 0 atom stereocenters. The van der Waals surface area contributed by atoms with Crippen molar-refractivity contribution in [2.75, 3.05) is 26.7 Å². The molecule has 0 saturated heterocycles. The monoisotopic (exact) mass is 314 g/mol. The van der Waals surface area contributed by atoms with Gasteiger partial charge in [0.25, 0.3) is 0 Å². The summed E-state index contributed by atoms with van der Waals surface area (Å²) >= 11 is 3.53. The normalized spacial score (nSPS) is 11.3. The molecule has 1 aromatic carbocycles. The molecule has 3 nitrogen and oxygen atoms in total. The molecule has 1 aromatic rings. The molecule has 0 saturated carbocycles. The minimum absolute atomic E-state index is 0.545. The third kappa shape index (κ3) is 4.96. The number of ether oxygens (including phenoxy) is 1. The summed E-state index contributed by atoms with van der Waals surface area (Å²) in [4.78, 5) is 2.26. The molecule has 0 heterocycles. The molecule has 0 bridgehead atoms. The Morgan fingerprint density at radius 3 is 2.67 bits per heavy atom. The van der Waals surface area contributed by atoms with Crippen LogP contribution in [0.5, 0.6) is 5.75 Å². The Hall–Kier alpha value is -0.580. The lowest BCUT2D eigenvalue weighted by molar-refractivity contribution is 0.207. The van der Waals surface area contributed by atoms with Gasteiger partial charge in [0, 0.05) is 12.6 Å². The molecule has 2 N–H and O–H groups in total. The molecule has 0 aliphatic carbocycles. The van der Waals surface area contributed by atoms with Gasteiger partial charge in [-0.15, -0.1) is 0 Å². The van der Waals surface area contributed by atoms with Crippen LogP contribution in [0.15, 0.2) is 22.7 Å². The van der Waals surface area contributed by atoms with Gasteiger partial charge in [-0.2, -0.15) is 0 Å². The molecule has 0 spiro atoms. The van der Waals surface area contributed by atoms with Crippen LogP contribution < -0.4 is 10.5 Å². The summed E-state index contributed by atoms with van der Waals surface area (Å²) in [7, 11) is 2.10. The van der Waals surface area contributed by atoms with Crippen molar-refractivity contribution in [1.82, 2.24) is 4.90 Å². The SMILES string of the molecule is CC(C)N(C)CCOc1ccc(CCN)cc1Br. The van der Waals surface area contributed by atoms with E-state index in [2.05, 4.69) is 53.9 Å². The molecular formula is C14H23BrN2O. The van der Waals surface area contributed by atoms with Gasteiger partial charge in [-0.05, 0) is 67.5 Å². The van der Waals surface area contributed by atoms with Crippen LogP contribution in [0.25, 0.3) is 0 Å². The summed E-state index contributed by atoms with van der Waals surface area (Å²) in [6, 6.07) is 6.70. The van der Waals surface area contributed by atoms with E-state index in [-0.39, 0.29) is 0 Å². The summed E-state index contributed by atoms with van der Waals surface area (Å²) in [5.74, 6) is 0.896. The molecule has 4 heteroatoms. The number of nitrogens with zero attached hydrogens (tertiary/aromatic N) is 1. The Bertz CT molecular complexity index is 369. The van der Waals surface area contributed by atoms with Crippen molar-refractivity contribution in [3.05, 3.63) is 28.2 Å². The van der Waals surface area contributed by atoms with Gasteiger partial charge in [-0.1, -0.05) is 6.07 Å². The Morgan fingerprint density at radius 2 is 2.11 bits per heavy atom. The van der Waals surface area contributed by atoms with Crippen LogP contribution in [0.3, 0.4) is 0 Å². The first-order chi connectivity index (χ1) is 8.54. The lowest BCUT2D eigenvalue weighted by Gasteiger charge is -2.21. The van der Waals surface area contributed by atoms with Crippen LogP contribution >= 0.6 is 15.9 Å². The quantitative estimate of drug-likeness (QED) is 0.841. The smallest absolute Gasteiger partial charge is 0.133 e. The highest BCUT2D eigenvalue weighted by molar-refractivity contribution is 9.10. The van der Waals surface area contributed by atoms with Gasteiger partial charge in [0.05, 0.1) is 4.47 Å². The Balaban J connectivity index is 2.47. The maximum Gasteiger partial charge on any atom is 0.133 e. The van der Waals surface area contributed by atoms with E-state index in [0.29, 0.717) is 19.2 Å². The minimum Gasteiger partial charge on any atom is -0.491 e. The van der Waals surface area contributed by atoms with E-state index >= 15 is 0 Å². The first-order valence-corrected chi connectivity index (χ1v) is 7.15. The molecule has 18 heavy (non-hydrogen) atoms. The molecular weight excluding hydrogens is 292 g/mol. The molecule has 0 unspecified atom stereocenters. The molecule has 102 valence electrons. The van der Waals surface area contributed by atoms with Gasteiger partial charge in [0.15, 0.2) is 0 Å². The van der Waals surface area contributed by atoms with Gasteiger partial charge < -0.3 is 15.4 Å². The number of likely N-dealkylation sites (N-methyl/N-ethyl adjacent to an activating group) is 1. The fourth-order valence-corrected chi connectivity index (χ4v) is 2.08. The number of benzene rings is 1. The van der Waals surface area contributed by atoms with Crippen LogP contribution in [0.4, 0.5) is 0 Å². The van der Waals surface area contributed by atoms with E-state index < -0.39 is 0 Å². The van der Waals surface area contributed by atoms with Crippen molar-refractivity contribution in [1.29, 1.82) is 0 Å². The first-order valence-electron chi connectivity index (χ1n) is 6.36. The number of hydrogen-bond acceptors (Lipinski definition) is 3. The van der Waals surface area contributed by atoms with Crippen molar-refractivity contribution in [3.8, 4) is 5.75 Å². The van der Waals surface area contributed by atoms with Gasteiger partial charge in [-0.3, -0.25) is 0 Å². The standard InChI is InChI=1S/C14H23BrN2O/c1-11(2)17(3)8-9-18-14-5-4-12(6-7-16)10-13(14)15/h4-5,10-11H,6-9,16H2,1-3H3. The Kier molecular flexibility index (Phi) is 6.68. The third-order valence-corrected chi connectivity index (χ3v) is 3.63. The predicted molar refractivity (Wildman–Crippen MR) is 80.2 cm³/mol. The molecule has 0 amide bonds. The second-order valence-electron chi connectivity index (χ2n) is 4.73. The molecule has 1 rings (SSSR count). The highest BCUT2D eigenvalue weighted by Gasteiger charge is 2.05. The van der Waals surface area contributed by atoms with Crippen molar-refractivity contribution in [3.63, 3.8) is 0 Å². The van der Waals surface area contributed by atoms with Crippen LogP contribution in [-0.4, -0.2) is 37.7 Å². The highest BCUT2D eigenvalue weighted by Crippen LogP contribution is 2.26. The maximum absolute atomic E-state index is 5.77. The van der Waals surface area contributed by atoms with Crippen molar-refractivity contribution >= 4 is 15.9 Å². The summed E-state index contributed by atoms with van der Waals surface area (Å²) in [5, 5.41) is 0. The average Bonchev–Trinajstić information content (AvgIpc) is 2.32. The van der Waals surface area contributed by atoms with Crippen molar-refractivity contribution in [2.45, 2.75) is 26.3 Å². The first kappa shape index (κ1) is 15.5. The van der Waals surface area contributed by atoms with Crippen LogP contribution in [0.1, 0.15) is 19.4 Å². The molecule has 0 aliphatic heterocycles. The summed E-state index contributed by atoms with van der Waals surface area (Å²) < 4.78 is 6.77. The van der Waals surface area contributed by atoms with Crippen LogP contribution in [0, 0.1) is 0 Å². The molecule has 0 aliphatic rings. The van der Waals surface area contributed by atoms with E-state index in [0.717, 1.165) is 23.2 Å². The van der Waals surface area contributed by atoms with Gasteiger partial charge in [-0.25, -0.2) is 0 Å². The Labute approximate surface area is 118 Å². The van der Waals surface area contributed by atoms with Gasteiger partial charge in [0.2, 0.25) is 0 Å². The number of rotatable bonds is 7. The summed E-state index contributed by atoms with van der Waals surface area (Å²) in [6.45, 7) is 6.65. The van der Waals surface area contributed by atoms with E-state index in [9.17, 15) is 0 Å². The fraction of sp³-hybridized carbons (Fsp3) is 0.571. The number of halogens is 1.